The predicted molar refractivity (Wildman–Crippen MR) is 102 cm³/mol. The van der Waals surface area contributed by atoms with E-state index in [1.807, 2.05) is 0 Å². The number of amidine groups is 2. The van der Waals surface area contributed by atoms with E-state index < -0.39 is 5.91 Å². The van der Waals surface area contributed by atoms with Gasteiger partial charge in [0.15, 0.2) is 5.84 Å². The lowest BCUT2D eigenvalue weighted by Crippen LogP contribution is -2.49. The second kappa shape index (κ2) is 12.0. The second-order valence-electron chi connectivity index (χ2n) is 6.68. The lowest BCUT2D eigenvalue weighted by atomic mass is 10.1. The number of primary amides is 1. The molecule has 5 nitrogen and oxygen atoms in total. The predicted octanol–water partition coefficient (Wildman–Crippen LogP) is 4.26. The van der Waals surface area contributed by atoms with Crippen molar-refractivity contribution in [2.45, 2.75) is 97.6 Å². The van der Waals surface area contributed by atoms with Gasteiger partial charge in [0.25, 0.3) is 5.91 Å². The van der Waals surface area contributed by atoms with E-state index in [4.69, 9.17) is 10.7 Å². The first-order valence-corrected chi connectivity index (χ1v) is 9.85. The Morgan fingerprint density at radius 1 is 1.00 bits per heavy atom. The minimum absolute atomic E-state index is 0.0324. The summed E-state index contributed by atoms with van der Waals surface area (Å²) in [6.45, 7) is 7.39. The van der Waals surface area contributed by atoms with E-state index in [0.29, 0.717) is 5.84 Å². The molecule has 0 aliphatic carbocycles. The summed E-state index contributed by atoms with van der Waals surface area (Å²) in [5.41, 5.74) is 5.63. The molecule has 138 valence electrons. The molecule has 0 bridgehead atoms. The zero-order valence-electron chi connectivity index (χ0n) is 15.9. The first kappa shape index (κ1) is 20.7. The third-order valence-electron chi connectivity index (χ3n) is 4.46. The van der Waals surface area contributed by atoms with Gasteiger partial charge >= 0.3 is 0 Å². The van der Waals surface area contributed by atoms with Gasteiger partial charge < -0.3 is 10.6 Å². The molecule has 0 saturated carbocycles. The number of amides is 1. The van der Waals surface area contributed by atoms with Crippen molar-refractivity contribution in [3.8, 4) is 0 Å². The number of nitrogens with zero attached hydrogens (tertiary/aromatic N) is 3. The molecule has 24 heavy (non-hydrogen) atoms. The highest BCUT2D eigenvalue weighted by Gasteiger charge is 2.28. The lowest BCUT2D eigenvalue weighted by molar-refractivity contribution is -0.112. The number of hydrogen-bond acceptors (Lipinski definition) is 4. The van der Waals surface area contributed by atoms with Crippen LogP contribution in [0.15, 0.2) is 9.98 Å². The molecule has 5 heteroatoms. The zero-order valence-corrected chi connectivity index (χ0v) is 15.9. The van der Waals surface area contributed by atoms with Crippen LogP contribution in [0.25, 0.3) is 0 Å². The van der Waals surface area contributed by atoms with E-state index >= 15 is 0 Å². The van der Waals surface area contributed by atoms with E-state index in [1.54, 1.807) is 0 Å². The Morgan fingerprint density at radius 2 is 1.62 bits per heavy atom. The number of hydrogen-bond donors (Lipinski definition) is 1. The van der Waals surface area contributed by atoms with E-state index in [9.17, 15) is 4.79 Å². The fraction of sp³-hybridized carbons (Fsp3) is 0.842. The lowest BCUT2D eigenvalue weighted by Gasteiger charge is -2.34. The average molecular weight is 337 g/mol. The highest BCUT2D eigenvalue weighted by molar-refractivity contribution is 6.39. The van der Waals surface area contributed by atoms with Crippen LogP contribution in [0.4, 0.5) is 0 Å². The monoisotopic (exact) mass is 336 g/mol. The fourth-order valence-electron chi connectivity index (χ4n) is 3.03. The van der Waals surface area contributed by atoms with Crippen molar-refractivity contribution in [2.75, 3.05) is 6.54 Å². The first-order valence-electron chi connectivity index (χ1n) is 9.85. The van der Waals surface area contributed by atoms with Crippen LogP contribution in [0.1, 0.15) is 91.4 Å². The Labute approximate surface area is 147 Å². The van der Waals surface area contributed by atoms with Crippen molar-refractivity contribution >= 4 is 17.6 Å². The Bertz CT molecular complexity index is 431. The third kappa shape index (κ3) is 7.02. The van der Waals surface area contributed by atoms with Crippen molar-refractivity contribution in [1.82, 2.24) is 4.90 Å². The van der Waals surface area contributed by atoms with Crippen LogP contribution in [-0.4, -0.2) is 35.2 Å². The van der Waals surface area contributed by atoms with Crippen molar-refractivity contribution in [2.24, 2.45) is 15.7 Å². The standard InChI is InChI=1S/C19H36N4O/c1-4-7-10-13-16-21-17(14-11-8-5-2)23(15-12-9-6-3)19(22-16)18(20)24/h17H,4-15H2,1-3H3,(H2,20,24). The van der Waals surface area contributed by atoms with Gasteiger partial charge in [-0.2, -0.15) is 0 Å². The highest BCUT2D eigenvalue weighted by atomic mass is 16.1. The summed E-state index contributed by atoms with van der Waals surface area (Å²) >= 11 is 0. The average Bonchev–Trinajstić information content (AvgIpc) is 2.56. The summed E-state index contributed by atoms with van der Waals surface area (Å²) in [4.78, 5) is 23.4. The van der Waals surface area contributed by atoms with Gasteiger partial charge in [0, 0.05) is 13.0 Å². The van der Waals surface area contributed by atoms with Crippen LogP contribution in [0.3, 0.4) is 0 Å². The molecule has 0 spiro atoms. The summed E-state index contributed by atoms with van der Waals surface area (Å²) in [5, 5.41) is 0. The van der Waals surface area contributed by atoms with Gasteiger partial charge in [-0.15, -0.1) is 0 Å². The highest BCUT2D eigenvalue weighted by Crippen LogP contribution is 2.19. The molecule has 1 aliphatic rings. The minimum Gasteiger partial charge on any atom is -0.363 e. The molecule has 0 aromatic carbocycles. The largest absolute Gasteiger partial charge is 0.363 e. The molecule has 0 radical (unpaired) electrons. The zero-order chi connectivity index (χ0) is 17.8. The van der Waals surface area contributed by atoms with Gasteiger partial charge in [-0.05, 0) is 25.7 Å². The summed E-state index contributed by atoms with van der Waals surface area (Å²) in [6.07, 6.45) is 12.1. The van der Waals surface area contributed by atoms with Gasteiger partial charge in [-0.1, -0.05) is 59.3 Å². The van der Waals surface area contributed by atoms with Crippen LogP contribution < -0.4 is 5.73 Å². The van der Waals surface area contributed by atoms with Gasteiger partial charge in [0.2, 0.25) is 0 Å². The van der Waals surface area contributed by atoms with Crippen molar-refractivity contribution < 1.29 is 4.79 Å². The Morgan fingerprint density at radius 3 is 2.25 bits per heavy atom. The first-order chi connectivity index (χ1) is 11.6. The Kier molecular flexibility index (Phi) is 10.4. The Hall–Kier alpha value is -1.39. The minimum atomic E-state index is -0.421. The molecule has 1 amide bonds. The van der Waals surface area contributed by atoms with Gasteiger partial charge in [-0.3, -0.25) is 4.79 Å². The molecule has 1 aliphatic heterocycles. The third-order valence-corrected chi connectivity index (χ3v) is 4.46. The van der Waals surface area contributed by atoms with Crippen molar-refractivity contribution in [3.05, 3.63) is 0 Å². The number of unbranched alkanes of at least 4 members (excludes halogenated alkanes) is 6. The van der Waals surface area contributed by atoms with Gasteiger partial charge in [0.05, 0.1) is 0 Å². The molecule has 0 fully saturated rings. The van der Waals surface area contributed by atoms with Crippen LogP contribution in [0, 0.1) is 0 Å². The molecular formula is C19H36N4O. The number of carbonyl (C=O) groups is 1. The van der Waals surface area contributed by atoms with E-state index in [-0.39, 0.29) is 6.17 Å². The molecule has 1 rings (SSSR count). The SMILES string of the molecule is CCCCCC1=NC(CCCCC)N(CCCCC)C(C(N)=O)=N1. The van der Waals surface area contributed by atoms with Crippen molar-refractivity contribution in [1.29, 1.82) is 0 Å². The van der Waals surface area contributed by atoms with Crippen LogP contribution in [0.5, 0.6) is 0 Å². The normalized spacial score (nSPS) is 17.6. The molecule has 2 N–H and O–H groups in total. The maximum Gasteiger partial charge on any atom is 0.284 e. The van der Waals surface area contributed by atoms with Gasteiger partial charge in [0.1, 0.15) is 12.0 Å². The van der Waals surface area contributed by atoms with Crippen LogP contribution in [0.2, 0.25) is 0 Å². The molecule has 0 aromatic heterocycles. The quantitative estimate of drug-likeness (QED) is 0.510. The molecule has 1 atom stereocenters. The molecule has 1 unspecified atom stereocenters. The maximum atomic E-state index is 11.9. The van der Waals surface area contributed by atoms with Crippen LogP contribution >= 0.6 is 0 Å². The smallest absolute Gasteiger partial charge is 0.284 e. The molecular weight excluding hydrogens is 300 g/mol. The maximum absolute atomic E-state index is 11.9. The Balaban J connectivity index is 2.86. The number of rotatable bonds is 13. The van der Waals surface area contributed by atoms with Crippen molar-refractivity contribution in [3.63, 3.8) is 0 Å². The summed E-state index contributed by atoms with van der Waals surface area (Å²) in [7, 11) is 0. The van der Waals surface area contributed by atoms with Gasteiger partial charge in [-0.25, -0.2) is 9.98 Å². The molecule has 0 saturated heterocycles. The topological polar surface area (TPSA) is 71.0 Å². The van der Waals surface area contributed by atoms with E-state index in [0.717, 1.165) is 57.3 Å². The number of nitrogens with two attached hydrogens (primary N) is 1. The van der Waals surface area contributed by atoms with E-state index in [1.165, 1.54) is 25.7 Å². The summed E-state index contributed by atoms with van der Waals surface area (Å²) in [5.74, 6) is 0.814. The second-order valence-corrected chi connectivity index (χ2v) is 6.68. The molecule has 1 heterocycles. The van der Waals surface area contributed by atoms with Crippen LogP contribution in [-0.2, 0) is 4.79 Å². The molecule has 0 aromatic rings. The summed E-state index contributed by atoms with van der Waals surface area (Å²) < 4.78 is 0. The fourth-order valence-corrected chi connectivity index (χ4v) is 3.03. The number of aliphatic imine (C=N–C) groups is 2. The number of carbonyl (C=O) groups excluding carboxylic acids is 1. The van der Waals surface area contributed by atoms with E-state index in [2.05, 4.69) is 30.7 Å². The summed E-state index contributed by atoms with van der Waals surface area (Å²) in [6, 6.07) is 0.